The van der Waals surface area contributed by atoms with E-state index in [1.165, 1.54) is 32.3 Å². The summed E-state index contributed by atoms with van der Waals surface area (Å²) in [6.07, 6.45) is 0. The molecule has 276 valence electrons. The van der Waals surface area contributed by atoms with Crippen molar-refractivity contribution < 1.29 is 36.4 Å². The third kappa shape index (κ3) is 11.6. The van der Waals surface area contributed by atoms with Crippen LogP contribution in [0.15, 0.2) is 146 Å². The molecule has 0 aliphatic rings. The smallest absolute Gasteiger partial charge is 0.126 e. The molecule has 0 aliphatic heterocycles. The predicted molar refractivity (Wildman–Crippen MR) is 235 cm³/mol. The van der Waals surface area contributed by atoms with E-state index in [1.807, 2.05) is 38.1 Å². The van der Waals surface area contributed by atoms with Crippen LogP contribution in [0.1, 0.15) is 63.8 Å². The van der Waals surface area contributed by atoms with Crippen LogP contribution in [0.25, 0.3) is 0 Å². The normalized spacial score (nSPS) is 11.1. The molecule has 0 atom stereocenters. The maximum Gasteiger partial charge on any atom is 0.126 e. The molecule has 7 heteroatoms. The van der Waals surface area contributed by atoms with Gasteiger partial charge in [-0.05, 0) is 96.1 Å². The quantitative estimate of drug-likeness (QED) is 0.164. The first-order chi connectivity index (χ1) is 23.8. The van der Waals surface area contributed by atoms with Gasteiger partial charge in [0.2, 0.25) is 0 Å². The second kappa shape index (κ2) is 20.2. The summed E-state index contributed by atoms with van der Waals surface area (Å²) >= 11 is 0. The van der Waals surface area contributed by atoms with Crippen molar-refractivity contribution in [1.82, 2.24) is 0 Å². The van der Waals surface area contributed by atoms with Gasteiger partial charge >= 0.3 is 0 Å². The molecule has 0 amide bonds. The standard InChI is InChI=1S/2C23H25OP.2ClH.Zr/c2*1-17-15-18(23(2,3)4)16-21(22(17)24)25(19-11-7-5-8-12-19)20-13-9-6-10-14-20;;;/h2*5-16,24H,1-4H3;2*1H;. The largest absolute Gasteiger partial charge is 0.507 e. The van der Waals surface area contributed by atoms with Gasteiger partial charge in [0.1, 0.15) is 11.5 Å². The molecule has 6 aromatic carbocycles. The molecule has 6 aromatic rings. The van der Waals surface area contributed by atoms with Gasteiger partial charge < -0.3 is 10.2 Å². The predicted octanol–water partition coefficient (Wildman–Crippen LogP) is 10.4. The average Bonchev–Trinajstić information content (AvgIpc) is 3.10. The molecular formula is C46H52Cl2O2P2Zr. The molecule has 0 fully saturated rings. The molecule has 0 saturated heterocycles. The topological polar surface area (TPSA) is 40.5 Å². The summed E-state index contributed by atoms with van der Waals surface area (Å²) < 4.78 is 0. The van der Waals surface area contributed by atoms with Gasteiger partial charge in [-0.3, -0.25) is 0 Å². The van der Waals surface area contributed by atoms with Crippen LogP contribution in [-0.4, -0.2) is 10.2 Å². The molecule has 2 nitrogen and oxygen atoms in total. The number of phenols is 2. The molecule has 0 saturated carbocycles. The average molecular weight is 861 g/mol. The van der Waals surface area contributed by atoms with Crippen LogP contribution in [0.3, 0.4) is 0 Å². The first-order valence-corrected chi connectivity index (χ1v) is 19.9. The Morgan fingerprint density at radius 3 is 0.830 bits per heavy atom. The molecule has 2 N–H and O–H groups in total. The van der Waals surface area contributed by atoms with Gasteiger partial charge in [-0.2, -0.15) is 0 Å². The molecule has 0 aromatic heterocycles. The van der Waals surface area contributed by atoms with Gasteiger partial charge in [-0.25, -0.2) is 0 Å². The van der Waals surface area contributed by atoms with Crippen molar-refractivity contribution in [2.24, 2.45) is 0 Å². The van der Waals surface area contributed by atoms with Crippen LogP contribution >= 0.6 is 40.7 Å². The molecule has 53 heavy (non-hydrogen) atoms. The Morgan fingerprint density at radius 2 is 0.623 bits per heavy atom. The van der Waals surface area contributed by atoms with Crippen molar-refractivity contribution >= 4 is 72.5 Å². The van der Waals surface area contributed by atoms with E-state index in [1.54, 1.807) is 0 Å². The van der Waals surface area contributed by atoms with E-state index in [9.17, 15) is 10.2 Å². The summed E-state index contributed by atoms with van der Waals surface area (Å²) in [5, 5.41) is 28.9. The summed E-state index contributed by atoms with van der Waals surface area (Å²) in [6.45, 7) is 17.3. The van der Waals surface area contributed by atoms with Gasteiger partial charge in [-0.1, -0.05) is 175 Å². The Balaban J connectivity index is 0.000000347. The van der Waals surface area contributed by atoms with Crippen molar-refractivity contribution in [3.63, 3.8) is 0 Å². The summed E-state index contributed by atoms with van der Waals surface area (Å²) in [5.74, 6) is 0.846. The van der Waals surface area contributed by atoms with Gasteiger partial charge in [-0.15, -0.1) is 24.8 Å². The number of phenolic OH excluding ortho intramolecular Hbond substituents is 2. The zero-order chi connectivity index (χ0) is 36.1. The third-order valence-electron chi connectivity index (χ3n) is 8.83. The molecule has 0 bridgehead atoms. The van der Waals surface area contributed by atoms with E-state index in [-0.39, 0.29) is 61.8 Å². The van der Waals surface area contributed by atoms with E-state index in [0.717, 1.165) is 21.7 Å². The summed E-state index contributed by atoms with van der Waals surface area (Å²) in [6, 6.07) is 50.7. The van der Waals surface area contributed by atoms with E-state index in [0.29, 0.717) is 11.5 Å². The number of hydrogen-bond donors (Lipinski definition) is 2. The molecule has 0 aliphatic carbocycles. The Morgan fingerprint density at radius 1 is 0.396 bits per heavy atom. The van der Waals surface area contributed by atoms with Gasteiger partial charge in [0.15, 0.2) is 0 Å². The van der Waals surface area contributed by atoms with Crippen LogP contribution in [0, 0.1) is 13.8 Å². The zero-order valence-electron chi connectivity index (χ0n) is 32.0. The molecule has 0 heterocycles. The van der Waals surface area contributed by atoms with E-state index < -0.39 is 15.8 Å². The number of aromatic hydroxyl groups is 2. The maximum absolute atomic E-state index is 10.9. The number of rotatable bonds is 6. The Labute approximate surface area is 352 Å². The van der Waals surface area contributed by atoms with Crippen molar-refractivity contribution in [1.29, 1.82) is 0 Å². The van der Waals surface area contributed by atoms with E-state index in [2.05, 4.69) is 163 Å². The fourth-order valence-electron chi connectivity index (χ4n) is 5.89. The maximum atomic E-state index is 10.9. The van der Waals surface area contributed by atoms with Crippen LogP contribution in [0.2, 0.25) is 0 Å². The fourth-order valence-corrected chi connectivity index (χ4v) is 10.8. The van der Waals surface area contributed by atoms with Gasteiger partial charge in [0.25, 0.3) is 0 Å². The van der Waals surface area contributed by atoms with Crippen molar-refractivity contribution in [3.05, 3.63) is 168 Å². The molecule has 0 unspecified atom stereocenters. The molecular weight excluding hydrogens is 809 g/mol. The molecule has 0 radical (unpaired) electrons. The van der Waals surface area contributed by atoms with Gasteiger partial charge in [0, 0.05) is 36.8 Å². The second-order valence-corrected chi connectivity index (χ2v) is 19.2. The minimum Gasteiger partial charge on any atom is -0.507 e. The SMILES string of the molecule is Cc1cc(C(C)(C)C)cc(P(c2ccccc2)c2ccccc2)c1O.Cc1cc(C(C)(C)C)cc(P(c2ccccc2)c2ccccc2)c1O.Cl.Cl.[Zr]. The summed E-state index contributed by atoms with van der Waals surface area (Å²) in [7, 11) is -1.59. The minimum absolute atomic E-state index is 0. The zero-order valence-corrected chi connectivity index (χ0v) is 37.8. The van der Waals surface area contributed by atoms with Crippen LogP contribution in [0.4, 0.5) is 0 Å². The summed E-state index contributed by atoms with van der Waals surface area (Å²) in [5.41, 5.74) is 4.50. The first-order valence-electron chi connectivity index (χ1n) is 17.2. The number of hydrogen-bond acceptors (Lipinski definition) is 2. The van der Waals surface area contributed by atoms with Crippen LogP contribution in [-0.2, 0) is 37.0 Å². The monoisotopic (exact) mass is 858 g/mol. The Kier molecular flexibility index (Phi) is 17.7. The number of benzene rings is 6. The minimum atomic E-state index is -0.796. The van der Waals surface area contributed by atoms with E-state index in [4.69, 9.17) is 0 Å². The van der Waals surface area contributed by atoms with Crippen molar-refractivity contribution in [2.75, 3.05) is 0 Å². The van der Waals surface area contributed by atoms with Crippen LogP contribution < -0.4 is 31.8 Å². The van der Waals surface area contributed by atoms with Crippen molar-refractivity contribution in [2.45, 2.75) is 66.2 Å². The summed E-state index contributed by atoms with van der Waals surface area (Å²) in [4.78, 5) is 0. The Bertz CT molecular complexity index is 1790. The first kappa shape index (κ1) is 46.4. The third-order valence-corrected chi connectivity index (χ3v) is 13.7. The van der Waals surface area contributed by atoms with Crippen LogP contribution in [0.5, 0.6) is 11.5 Å². The van der Waals surface area contributed by atoms with Gasteiger partial charge in [0.05, 0.1) is 0 Å². The number of aryl methyl sites for hydroxylation is 2. The molecule has 0 spiro atoms. The molecule has 6 rings (SSSR count). The second-order valence-electron chi connectivity index (χ2n) is 14.8. The van der Waals surface area contributed by atoms with E-state index >= 15 is 0 Å². The Hall–Kier alpha value is -2.76. The van der Waals surface area contributed by atoms with Crippen molar-refractivity contribution in [3.8, 4) is 11.5 Å². The number of halogens is 2. The fraction of sp³-hybridized carbons (Fsp3) is 0.217.